The van der Waals surface area contributed by atoms with Crippen LogP contribution in [0.1, 0.15) is 0 Å². The quantitative estimate of drug-likeness (QED) is 0.798. The number of benzene rings is 1. The van der Waals surface area contributed by atoms with E-state index in [1.165, 1.54) is 11.3 Å². The number of nitrogens with one attached hydrogen (secondary N) is 1. The highest BCUT2D eigenvalue weighted by Crippen LogP contribution is 2.31. The number of nitrogens with zero attached hydrogens (tertiary/aromatic N) is 2. The van der Waals surface area contributed by atoms with E-state index in [9.17, 15) is 8.78 Å². The van der Waals surface area contributed by atoms with Gasteiger partial charge in [0.15, 0.2) is 0 Å². The minimum atomic E-state index is -0.704. The lowest BCUT2D eigenvalue weighted by atomic mass is 10.3. The van der Waals surface area contributed by atoms with Crippen molar-refractivity contribution in [3.63, 3.8) is 0 Å². The molecule has 2 heterocycles. The van der Waals surface area contributed by atoms with Crippen LogP contribution in [0.4, 0.5) is 14.7 Å². The van der Waals surface area contributed by atoms with Gasteiger partial charge in [0.2, 0.25) is 11.8 Å². The van der Waals surface area contributed by atoms with Crippen LogP contribution >= 0.6 is 11.3 Å². The van der Waals surface area contributed by atoms with E-state index in [-0.39, 0.29) is 11.6 Å². The molecule has 0 bridgehead atoms. The summed E-state index contributed by atoms with van der Waals surface area (Å²) in [5.41, 5.74) is 0. The number of fused-ring (bicyclic) bond motifs is 1. The highest BCUT2D eigenvalue weighted by Gasteiger charge is 2.11. The first-order chi connectivity index (χ1) is 9.65. The Kier molecular flexibility index (Phi) is 3.19. The van der Waals surface area contributed by atoms with Crippen molar-refractivity contribution in [2.24, 2.45) is 0 Å². The molecule has 0 fully saturated rings. The Morgan fingerprint density at radius 2 is 1.90 bits per heavy atom. The van der Waals surface area contributed by atoms with Crippen LogP contribution in [-0.4, -0.2) is 17.0 Å². The molecule has 0 spiro atoms. The fourth-order valence-electron chi connectivity index (χ4n) is 1.72. The molecule has 7 heteroatoms. The maximum absolute atomic E-state index is 13.2. The molecule has 0 saturated heterocycles. The number of anilines is 1. The first-order valence-corrected chi connectivity index (χ1v) is 6.60. The summed E-state index contributed by atoms with van der Waals surface area (Å²) >= 11 is 1.43. The van der Waals surface area contributed by atoms with Crippen molar-refractivity contribution in [3.05, 3.63) is 41.3 Å². The topological polar surface area (TPSA) is 47.0 Å². The third-order valence-corrected chi connectivity index (χ3v) is 3.37. The molecule has 1 aromatic carbocycles. The minimum Gasteiger partial charge on any atom is -0.438 e. The maximum Gasteiger partial charge on any atom is 0.232 e. The van der Waals surface area contributed by atoms with Crippen molar-refractivity contribution in [1.29, 1.82) is 0 Å². The average molecular weight is 293 g/mol. The third-order valence-electron chi connectivity index (χ3n) is 2.56. The minimum absolute atomic E-state index is 0.0516. The lowest BCUT2D eigenvalue weighted by molar-refractivity contribution is 0.457. The van der Waals surface area contributed by atoms with Crippen LogP contribution in [0.15, 0.2) is 29.6 Å². The molecule has 3 aromatic rings. The van der Waals surface area contributed by atoms with Crippen LogP contribution in [0.3, 0.4) is 0 Å². The van der Waals surface area contributed by atoms with Gasteiger partial charge < -0.3 is 10.1 Å². The van der Waals surface area contributed by atoms with E-state index in [4.69, 9.17) is 4.74 Å². The molecule has 0 unspecified atom stereocenters. The molecule has 0 aliphatic rings. The van der Waals surface area contributed by atoms with Gasteiger partial charge in [-0.2, -0.15) is 4.98 Å². The largest absolute Gasteiger partial charge is 0.438 e. The van der Waals surface area contributed by atoms with Crippen molar-refractivity contribution >= 4 is 27.5 Å². The molecule has 0 aliphatic carbocycles. The number of thiophene rings is 1. The van der Waals surface area contributed by atoms with Crippen molar-refractivity contribution in [1.82, 2.24) is 9.97 Å². The highest BCUT2D eigenvalue weighted by atomic mass is 32.1. The zero-order chi connectivity index (χ0) is 14.1. The predicted molar refractivity (Wildman–Crippen MR) is 73.4 cm³/mol. The lowest BCUT2D eigenvalue weighted by Gasteiger charge is -2.08. The predicted octanol–water partition coefficient (Wildman–Crippen LogP) is 3.80. The van der Waals surface area contributed by atoms with Gasteiger partial charge in [-0.3, -0.25) is 0 Å². The van der Waals surface area contributed by atoms with Gasteiger partial charge >= 0.3 is 0 Å². The van der Waals surface area contributed by atoms with Crippen LogP contribution in [0, 0.1) is 11.6 Å². The average Bonchev–Trinajstić information content (AvgIpc) is 2.85. The molecule has 2 aromatic heterocycles. The zero-order valence-corrected chi connectivity index (χ0v) is 11.2. The number of halogens is 2. The Balaban J connectivity index is 2.07. The third kappa shape index (κ3) is 2.39. The van der Waals surface area contributed by atoms with Crippen molar-refractivity contribution in [2.45, 2.75) is 0 Å². The molecular formula is C13H9F2N3OS. The van der Waals surface area contributed by atoms with E-state index in [0.717, 1.165) is 23.0 Å². The summed E-state index contributed by atoms with van der Waals surface area (Å²) in [4.78, 5) is 9.16. The fraction of sp³-hybridized carbons (Fsp3) is 0.0769. The van der Waals surface area contributed by atoms with Gasteiger partial charge in [-0.05, 0) is 11.4 Å². The molecule has 4 nitrogen and oxygen atoms in total. The Hall–Kier alpha value is -2.28. The zero-order valence-electron chi connectivity index (χ0n) is 10.4. The number of hydrogen-bond donors (Lipinski definition) is 1. The van der Waals surface area contributed by atoms with E-state index < -0.39 is 11.6 Å². The highest BCUT2D eigenvalue weighted by molar-refractivity contribution is 7.16. The van der Waals surface area contributed by atoms with Crippen molar-refractivity contribution < 1.29 is 13.5 Å². The fourth-order valence-corrected chi connectivity index (χ4v) is 2.47. The van der Waals surface area contributed by atoms with Gasteiger partial charge in [-0.15, -0.1) is 11.3 Å². The molecule has 1 N–H and O–H groups in total. The lowest BCUT2D eigenvalue weighted by Crippen LogP contribution is -1.98. The number of rotatable bonds is 3. The van der Waals surface area contributed by atoms with E-state index in [1.54, 1.807) is 13.1 Å². The van der Waals surface area contributed by atoms with Crippen molar-refractivity contribution in [3.8, 4) is 11.6 Å². The second-order valence-electron chi connectivity index (χ2n) is 3.95. The van der Waals surface area contributed by atoms with Gasteiger partial charge in [0, 0.05) is 25.2 Å². The summed E-state index contributed by atoms with van der Waals surface area (Å²) in [5.74, 6) is -0.720. The van der Waals surface area contributed by atoms with E-state index >= 15 is 0 Å². The van der Waals surface area contributed by atoms with Crippen LogP contribution in [0.5, 0.6) is 11.6 Å². The summed E-state index contributed by atoms with van der Waals surface area (Å²) in [5, 5.41) is 5.35. The second kappa shape index (κ2) is 5.01. The molecule has 0 aliphatic heterocycles. The molecule has 3 rings (SSSR count). The standard InChI is InChI=1S/C13H9F2N3OS/c1-16-13-17-11(10-2-3-20-12(10)18-13)19-9-5-7(14)4-8(15)6-9/h2-6H,1H3,(H,16,17,18). The van der Waals surface area contributed by atoms with E-state index in [0.29, 0.717) is 11.3 Å². The van der Waals surface area contributed by atoms with Crippen LogP contribution < -0.4 is 10.1 Å². The Bertz CT molecular complexity index is 755. The SMILES string of the molecule is CNc1nc(Oc2cc(F)cc(F)c2)c2ccsc2n1. The summed E-state index contributed by atoms with van der Waals surface area (Å²) in [6.45, 7) is 0. The van der Waals surface area contributed by atoms with Crippen LogP contribution in [-0.2, 0) is 0 Å². The first-order valence-electron chi connectivity index (χ1n) is 5.72. The molecule has 0 saturated carbocycles. The molecule has 102 valence electrons. The smallest absolute Gasteiger partial charge is 0.232 e. The summed E-state index contributed by atoms with van der Waals surface area (Å²) in [6.07, 6.45) is 0. The van der Waals surface area contributed by atoms with Gasteiger partial charge in [-0.25, -0.2) is 13.8 Å². The monoisotopic (exact) mass is 293 g/mol. The normalized spacial score (nSPS) is 10.8. The number of hydrogen-bond acceptors (Lipinski definition) is 5. The maximum atomic E-state index is 13.2. The Labute approximate surface area is 117 Å². The second-order valence-corrected chi connectivity index (χ2v) is 4.84. The van der Waals surface area contributed by atoms with Gasteiger partial charge in [0.05, 0.1) is 5.39 Å². The summed E-state index contributed by atoms with van der Waals surface area (Å²) in [6, 6.07) is 4.78. The van der Waals surface area contributed by atoms with E-state index in [1.807, 2.05) is 5.38 Å². The summed E-state index contributed by atoms with van der Waals surface area (Å²) < 4.78 is 31.8. The van der Waals surface area contributed by atoms with Gasteiger partial charge in [0.1, 0.15) is 22.2 Å². The Morgan fingerprint density at radius 1 is 1.15 bits per heavy atom. The molecule has 0 radical (unpaired) electrons. The summed E-state index contributed by atoms with van der Waals surface area (Å²) in [7, 11) is 1.68. The van der Waals surface area contributed by atoms with Crippen LogP contribution in [0.25, 0.3) is 10.2 Å². The van der Waals surface area contributed by atoms with Gasteiger partial charge in [-0.1, -0.05) is 0 Å². The van der Waals surface area contributed by atoms with Gasteiger partial charge in [0.25, 0.3) is 0 Å². The molecule has 0 amide bonds. The number of aromatic nitrogens is 2. The first kappa shape index (κ1) is 12.7. The van der Waals surface area contributed by atoms with Crippen molar-refractivity contribution in [2.75, 3.05) is 12.4 Å². The van der Waals surface area contributed by atoms with Crippen LogP contribution in [0.2, 0.25) is 0 Å². The van der Waals surface area contributed by atoms with E-state index in [2.05, 4.69) is 15.3 Å². The number of ether oxygens (including phenoxy) is 1. The molecular weight excluding hydrogens is 284 g/mol. The molecule has 0 atom stereocenters. The molecule has 20 heavy (non-hydrogen) atoms. The Morgan fingerprint density at radius 3 is 2.60 bits per heavy atom.